The maximum Gasteiger partial charge on any atom is 0.125 e. The van der Waals surface area contributed by atoms with E-state index in [4.69, 9.17) is 12.2 Å². The van der Waals surface area contributed by atoms with Gasteiger partial charge in [0.05, 0.1) is 5.69 Å². The highest BCUT2D eigenvalue weighted by Gasteiger charge is 1.98. The number of aromatic amines is 1. The van der Waals surface area contributed by atoms with Gasteiger partial charge in [-0.15, -0.1) is 0 Å². The van der Waals surface area contributed by atoms with E-state index < -0.39 is 0 Å². The molecule has 4 heteroatoms. The SMILES string of the molecule is S=c1[nH]ccnc1Cc1cccnc1. The van der Waals surface area contributed by atoms with Crippen LogP contribution in [0.15, 0.2) is 36.9 Å². The number of nitrogens with zero attached hydrogens (tertiary/aromatic N) is 2. The van der Waals surface area contributed by atoms with Gasteiger partial charge in [-0.05, 0) is 11.6 Å². The van der Waals surface area contributed by atoms with Gasteiger partial charge in [0.1, 0.15) is 4.64 Å². The Morgan fingerprint density at radius 2 is 2.29 bits per heavy atom. The van der Waals surface area contributed by atoms with Gasteiger partial charge in [-0.25, -0.2) is 0 Å². The zero-order chi connectivity index (χ0) is 9.80. The molecule has 0 aliphatic rings. The Kier molecular flexibility index (Phi) is 2.65. The second-order valence-electron chi connectivity index (χ2n) is 2.90. The van der Waals surface area contributed by atoms with Crippen LogP contribution in [0, 0.1) is 4.64 Å². The molecule has 0 fully saturated rings. The van der Waals surface area contributed by atoms with E-state index in [9.17, 15) is 0 Å². The predicted octanol–water partition coefficient (Wildman–Crippen LogP) is 2.12. The van der Waals surface area contributed by atoms with Gasteiger partial charge in [-0.2, -0.15) is 0 Å². The Morgan fingerprint density at radius 3 is 3.00 bits per heavy atom. The van der Waals surface area contributed by atoms with Crippen LogP contribution in [0.25, 0.3) is 0 Å². The first-order valence-corrected chi connectivity index (χ1v) is 4.68. The Labute approximate surface area is 86.9 Å². The summed E-state index contributed by atoms with van der Waals surface area (Å²) < 4.78 is 0.691. The number of hydrogen-bond acceptors (Lipinski definition) is 3. The molecule has 0 radical (unpaired) electrons. The van der Waals surface area contributed by atoms with Crippen LogP contribution in [0.5, 0.6) is 0 Å². The van der Waals surface area contributed by atoms with Gasteiger partial charge in [0.15, 0.2) is 0 Å². The number of hydrogen-bond donors (Lipinski definition) is 1. The molecule has 0 aliphatic carbocycles. The normalized spacial score (nSPS) is 10.0. The van der Waals surface area contributed by atoms with Crippen LogP contribution in [-0.2, 0) is 6.42 Å². The van der Waals surface area contributed by atoms with Crippen LogP contribution in [0.4, 0.5) is 0 Å². The summed E-state index contributed by atoms with van der Waals surface area (Å²) in [6.45, 7) is 0. The Hall–Kier alpha value is -1.55. The summed E-state index contributed by atoms with van der Waals surface area (Å²) in [6.07, 6.45) is 7.74. The maximum atomic E-state index is 5.11. The van der Waals surface area contributed by atoms with Crippen molar-refractivity contribution >= 4 is 12.2 Å². The van der Waals surface area contributed by atoms with E-state index in [-0.39, 0.29) is 0 Å². The van der Waals surface area contributed by atoms with E-state index in [1.54, 1.807) is 18.6 Å². The molecule has 2 aromatic rings. The number of H-pyrrole nitrogens is 1. The summed E-state index contributed by atoms with van der Waals surface area (Å²) in [7, 11) is 0. The summed E-state index contributed by atoms with van der Waals surface area (Å²) in [5.74, 6) is 0. The molecule has 0 saturated heterocycles. The lowest BCUT2D eigenvalue weighted by Gasteiger charge is -1.99. The number of aromatic nitrogens is 3. The van der Waals surface area contributed by atoms with Gasteiger partial charge in [-0.3, -0.25) is 9.97 Å². The highest BCUT2D eigenvalue weighted by atomic mass is 32.1. The third kappa shape index (κ3) is 2.03. The highest BCUT2D eigenvalue weighted by Crippen LogP contribution is 2.05. The van der Waals surface area contributed by atoms with Crippen molar-refractivity contribution in [3.63, 3.8) is 0 Å². The molecular formula is C10H9N3S. The number of rotatable bonds is 2. The third-order valence-corrected chi connectivity index (χ3v) is 2.23. The molecule has 0 unspecified atom stereocenters. The average Bonchev–Trinajstić information content (AvgIpc) is 2.23. The second-order valence-corrected chi connectivity index (χ2v) is 3.31. The van der Waals surface area contributed by atoms with Gasteiger partial charge in [0, 0.05) is 31.2 Å². The molecule has 2 rings (SSSR count). The van der Waals surface area contributed by atoms with E-state index in [1.165, 1.54) is 0 Å². The average molecular weight is 203 g/mol. The molecule has 1 N–H and O–H groups in total. The molecule has 3 nitrogen and oxygen atoms in total. The Balaban J connectivity index is 2.28. The van der Waals surface area contributed by atoms with E-state index in [2.05, 4.69) is 15.0 Å². The Bertz CT molecular complexity index is 464. The minimum Gasteiger partial charge on any atom is -0.350 e. The fourth-order valence-electron chi connectivity index (χ4n) is 1.20. The van der Waals surface area contributed by atoms with Crippen molar-refractivity contribution in [1.29, 1.82) is 0 Å². The van der Waals surface area contributed by atoms with Crippen molar-refractivity contribution in [1.82, 2.24) is 15.0 Å². The van der Waals surface area contributed by atoms with Gasteiger partial charge in [0.2, 0.25) is 0 Å². The lowest BCUT2D eigenvalue weighted by Crippen LogP contribution is -1.94. The minimum absolute atomic E-state index is 0.691. The predicted molar refractivity (Wildman–Crippen MR) is 56.5 cm³/mol. The van der Waals surface area contributed by atoms with Crippen molar-refractivity contribution in [2.45, 2.75) is 6.42 Å². The summed E-state index contributed by atoms with van der Waals surface area (Å²) in [5.41, 5.74) is 2.00. The van der Waals surface area contributed by atoms with Crippen LogP contribution in [0.3, 0.4) is 0 Å². The quantitative estimate of drug-likeness (QED) is 0.760. The molecule has 70 valence electrons. The summed E-state index contributed by atoms with van der Waals surface area (Å²) in [6, 6.07) is 3.92. The van der Waals surface area contributed by atoms with Crippen molar-refractivity contribution in [3.8, 4) is 0 Å². The third-order valence-electron chi connectivity index (χ3n) is 1.88. The van der Waals surface area contributed by atoms with Crippen LogP contribution in [-0.4, -0.2) is 15.0 Å². The maximum absolute atomic E-state index is 5.11. The van der Waals surface area contributed by atoms with Crippen LogP contribution < -0.4 is 0 Å². The number of pyridine rings is 1. The van der Waals surface area contributed by atoms with Crippen molar-refractivity contribution in [2.75, 3.05) is 0 Å². The van der Waals surface area contributed by atoms with E-state index in [1.807, 2.05) is 18.3 Å². The van der Waals surface area contributed by atoms with Crippen molar-refractivity contribution < 1.29 is 0 Å². The highest BCUT2D eigenvalue weighted by molar-refractivity contribution is 7.71. The fourth-order valence-corrected chi connectivity index (χ4v) is 1.40. The zero-order valence-electron chi connectivity index (χ0n) is 7.47. The molecule has 0 bridgehead atoms. The van der Waals surface area contributed by atoms with Gasteiger partial charge < -0.3 is 4.98 Å². The molecular weight excluding hydrogens is 194 g/mol. The number of nitrogens with one attached hydrogen (secondary N) is 1. The molecule has 0 spiro atoms. The topological polar surface area (TPSA) is 41.6 Å². The molecule has 2 heterocycles. The summed E-state index contributed by atoms with van der Waals surface area (Å²) >= 11 is 5.11. The van der Waals surface area contributed by atoms with Gasteiger partial charge >= 0.3 is 0 Å². The first-order chi connectivity index (χ1) is 6.86. The van der Waals surface area contributed by atoms with Crippen molar-refractivity contribution in [2.24, 2.45) is 0 Å². The molecule has 0 atom stereocenters. The molecule has 14 heavy (non-hydrogen) atoms. The van der Waals surface area contributed by atoms with Crippen molar-refractivity contribution in [3.05, 3.63) is 52.8 Å². The van der Waals surface area contributed by atoms with E-state index >= 15 is 0 Å². The molecule has 0 saturated carbocycles. The van der Waals surface area contributed by atoms with E-state index in [0.717, 1.165) is 17.7 Å². The lowest BCUT2D eigenvalue weighted by atomic mass is 10.2. The van der Waals surface area contributed by atoms with Crippen LogP contribution in [0.1, 0.15) is 11.3 Å². The summed E-state index contributed by atoms with van der Waals surface area (Å²) in [4.78, 5) is 11.2. The standard InChI is InChI=1S/C10H9N3S/c14-10-9(12-4-5-13-10)6-8-2-1-3-11-7-8/h1-5,7H,6H2,(H,13,14). The van der Waals surface area contributed by atoms with Gasteiger partial charge in [0.25, 0.3) is 0 Å². The Morgan fingerprint density at radius 1 is 1.36 bits per heavy atom. The van der Waals surface area contributed by atoms with Crippen LogP contribution in [0.2, 0.25) is 0 Å². The van der Waals surface area contributed by atoms with Gasteiger partial charge in [-0.1, -0.05) is 18.3 Å². The first-order valence-electron chi connectivity index (χ1n) is 4.28. The monoisotopic (exact) mass is 203 g/mol. The largest absolute Gasteiger partial charge is 0.350 e. The zero-order valence-corrected chi connectivity index (χ0v) is 8.29. The van der Waals surface area contributed by atoms with Crippen LogP contribution >= 0.6 is 12.2 Å². The lowest BCUT2D eigenvalue weighted by molar-refractivity contribution is 1.01. The first kappa shape index (κ1) is 9.02. The smallest absolute Gasteiger partial charge is 0.125 e. The van der Waals surface area contributed by atoms with E-state index in [0.29, 0.717) is 4.64 Å². The molecule has 0 amide bonds. The fraction of sp³-hybridized carbons (Fsp3) is 0.100. The molecule has 2 aromatic heterocycles. The molecule has 0 aromatic carbocycles. The summed E-state index contributed by atoms with van der Waals surface area (Å²) in [5, 5.41) is 0. The minimum atomic E-state index is 0.691. The second kappa shape index (κ2) is 4.11. The molecule has 0 aliphatic heterocycles.